The lowest BCUT2D eigenvalue weighted by Gasteiger charge is -2.31. The number of allylic oxidation sites excluding steroid dienone is 2. The van der Waals surface area contributed by atoms with Crippen LogP contribution in [0.3, 0.4) is 0 Å². The molecule has 1 amide bonds. The van der Waals surface area contributed by atoms with E-state index in [0.29, 0.717) is 6.07 Å². The van der Waals surface area contributed by atoms with Gasteiger partial charge in [-0.15, -0.1) is 13.2 Å². The van der Waals surface area contributed by atoms with Gasteiger partial charge in [0.2, 0.25) is 0 Å². The molecule has 1 heterocycles. The van der Waals surface area contributed by atoms with Crippen LogP contribution in [-0.2, 0) is 4.79 Å². The van der Waals surface area contributed by atoms with Crippen LogP contribution in [0, 0.1) is 0 Å². The molecule has 0 spiro atoms. The van der Waals surface area contributed by atoms with Gasteiger partial charge in [-0.1, -0.05) is 24.3 Å². The normalized spacial score (nSPS) is 15.1. The summed E-state index contributed by atoms with van der Waals surface area (Å²) < 4.78 is 104. The predicted octanol–water partition coefficient (Wildman–Crippen LogP) is 5.90. The molecule has 9 nitrogen and oxygen atoms in total. The van der Waals surface area contributed by atoms with E-state index in [2.05, 4.69) is 19.5 Å². The zero-order chi connectivity index (χ0) is 33.2. The lowest BCUT2D eigenvalue weighted by molar-refractivity contribution is -0.391. The van der Waals surface area contributed by atoms with E-state index < -0.39 is 70.4 Å². The van der Waals surface area contributed by atoms with Crippen molar-refractivity contribution in [2.75, 3.05) is 6.54 Å². The third-order valence-electron chi connectivity index (χ3n) is 6.00. The van der Waals surface area contributed by atoms with Crippen molar-refractivity contribution in [1.82, 2.24) is 5.32 Å². The number of hydrogen-bond donors (Lipinski definition) is 2. The summed E-state index contributed by atoms with van der Waals surface area (Å²) in [4.78, 5) is 49.5. The summed E-state index contributed by atoms with van der Waals surface area (Å²) in [5, 5.41) is 11.1. The first-order valence-electron chi connectivity index (χ1n) is 12.5. The molecule has 236 valence electrons. The fourth-order valence-corrected chi connectivity index (χ4v) is 3.86. The van der Waals surface area contributed by atoms with Crippen molar-refractivity contribution in [3.63, 3.8) is 0 Å². The SMILES string of the molecule is O=C(O)CCNC(=O)c1ccc(C(=O)/C(=C\C(=O)c2ccc3c(c2)OC(F)(F)C(F)(F)O3)c2ccc(OC(F)(F)F)cc2)cc1. The van der Waals surface area contributed by atoms with Gasteiger partial charge in [0.05, 0.1) is 6.42 Å². The van der Waals surface area contributed by atoms with Crippen molar-refractivity contribution in [3.8, 4) is 17.2 Å². The van der Waals surface area contributed by atoms with Gasteiger partial charge in [0.25, 0.3) is 5.91 Å². The molecule has 3 aromatic rings. The molecule has 16 heteroatoms. The third-order valence-corrected chi connectivity index (χ3v) is 6.00. The largest absolute Gasteiger partial charge is 0.573 e. The number of Topliss-reactive ketones (excluding diaryl/α,β-unsaturated/α-hetero) is 1. The molecule has 2 N–H and O–H groups in total. The smallest absolute Gasteiger partial charge is 0.481 e. The van der Waals surface area contributed by atoms with Crippen molar-refractivity contribution in [2.24, 2.45) is 0 Å². The number of aliphatic carboxylic acids is 1. The molecule has 0 aromatic heterocycles. The van der Waals surface area contributed by atoms with Crippen LogP contribution in [0.1, 0.15) is 43.1 Å². The molecule has 0 saturated heterocycles. The second kappa shape index (κ2) is 12.3. The molecule has 0 fully saturated rings. The summed E-state index contributed by atoms with van der Waals surface area (Å²) >= 11 is 0. The zero-order valence-electron chi connectivity index (χ0n) is 22.3. The number of carboxylic acid groups (broad SMARTS) is 1. The van der Waals surface area contributed by atoms with Gasteiger partial charge >= 0.3 is 24.5 Å². The van der Waals surface area contributed by atoms with E-state index in [1.807, 2.05) is 0 Å². The van der Waals surface area contributed by atoms with Gasteiger partial charge in [-0.3, -0.25) is 19.2 Å². The highest BCUT2D eigenvalue weighted by molar-refractivity contribution is 6.32. The Balaban J connectivity index is 1.67. The molecule has 0 saturated carbocycles. The molecule has 4 rings (SSSR count). The third kappa shape index (κ3) is 7.76. The number of ether oxygens (including phenoxy) is 3. The van der Waals surface area contributed by atoms with E-state index in [9.17, 15) is 49.9 Å². The fourth-order valence-electron chi connectivity index (χ4n) is 3.86. The number of halogens is 7. The molecule has 0 aliphatic carbocycles. The summed E-state index contributed by atoms with van der Waals surface area (Å²) in [7, 11) is 0. The minimum Gasteiger partial charge on any atom is -0.481 e. The molecular weight excluding hydrogens is 623 g/mol. The monoisotopic (exact) mass is 641 g/mol. The van der Waals surface area contributed by atoms with Crippen LogP contribution < -0.4 is 19.5 Å². The number of ketones is 2. The molecular formula is C29H18F7NO8. The minimum absolute atomic E-state index is 0.0471. The topological polar surface area (TPSA) is 128 Å². The summed E-state index contributed by atoms with van der Waals surface area (Å²) in [5.74, 6) is -6.02. The van der Waals surface area contributed by atoms with Crippen molar-refractivity contribution < 1.29 is 69.2 Å². The Morgan fingerprint density at radius 3 is 1.89 bits per heavy atom. The Morgan fingerprint density at radius 1 is 0.778 bits per heavy atom. The van der Waals surface area contributed by atoms with Crippen LogP contribution in [0.15, 0.2) is 72.8 Å². The lowest BCUT2D eigenvalue weighted by Crippen LogP contribution is -2.52. The molecule has 3 aromatic carbocycles. The number of rotatable bonds is 10. The van der Waals surface area contributed by atoms with Crippen LogP contribution in [0.25, 0.3) is 5.57 Å². The number of amides is 1. The van der Waals surface area contributed by atoms with E-state index in [1.54, 1.807) is 0 Å². The summed E-state index contributed by atoms with van der Waals surface area (Å²) in [6.07, 6.45) is -14.7. The first kappa shape index (κ1) is 32.5. The average molecular weight is 641 g/mol. The van der Waals surface area contributed by atoms with Crippen molar-refractivity contribution >= 4 is 29.0 Å². The highest BCUT2D eigenvalue weighted by atomic mass is 19.4. The van der Waals surface area contributed by atoms with Gasteiger partial charge in [0, 0.05) is 28.8 Å². The maximum Gasteiger partial charge on any atom is 0.573 e. The molecule has 45 heavy (non-hydrogen) atoms. The standard InChI is InChI=1S/C29H18F7NO8/c30-27(31)28(32,33)45-23-13-18(7-10-22(23)44-27)21(38)14-20(15-5-8-19(9-6-15)43-29(34,35)36)25(41)16-1-3-17(4-2-16)26(42)37-12-11-24(39)40/h1-10,13-14H,11-12H2,(H,37,42)(H,39,40)/b20-14-. The Labute approximate surface area is 247 Å². The molecule has 0 unspecified atom stereocenters. The zero-order valence-corrected chi connectivity index (χ0v) is 22.3. The van der Waals surface area contributed by atoms with Crippen LogP contribution in [0.2, 0.25) is 0 Å². The number of hydrogen-bond acceptors (Lipinski definition) is 7. The van der Waals surface area contributed by atoms with Gasteiger partial charge < -0.3 is 24.6 Å². The molecule has 0 atom stereocenters. The van der Waals surface area contributed by atoms with E-state index in [4.69, 9.17) is 5.11 Å². The Bertz CT molecular complexity index is 1670. The van der Waals surface area contributed by atoms with Crippen molar-refractivity contribution in [2.45, 2.75) is 25.0 Å². The summed E-state index contributed by atoms with van der Waals surface area (Å²) in [6.45, 7) is -0.169. The van der Waals surface area contributed by atoms with Gasteiger partial charge in [0.1, 0.15) is 5.75 Å². The number of carbonyl (C=O) groups is 4. The van der Waals surface area contributed by atoms with Crippen LogP contribution in [0.4, 0.5) is 30.7 Å². The van der Waals surface area contributed by atoms with E-state index in [1.165, 1.54) is 24.3 Å². The Morgan fingerprint density at radius 2 is 1.31 bits per heavy atom. The van der Waals surface area contributed by atoms with Crippen LogP contribution >= 0.6 is 0 Å². The van der Waals surface area contributed by atoms with Gasteiger partial charge in [-0.25, -0.2) is 0 Å². The molecule has 1 aliphatic heterocycles. The number of benzene rings is 3. The van der Waals surface area contributed by atoms with Gasteiger partial charge in [-0.2, -0.15) is 17.6 Å². The van der Waals surface area contributed by atoms with Crippen LogP contribution in [-0.4, -0.2) is 53.7 Å². The minimum atomic E-state index is -5.07. The number of carbonyl (C=O) groups excluding carboxylic acids is 3. The average Bonchev–Trinajstić information content (AvgIpc) is 2.95. The van der Waals surface area contributed by atoms with E-state index in [0.717, 1.165) is 42.5 Å². The highest BCUT2D eigenvalue weighted by Crippen LogP contribution is 2.47. The summed E-state index contributed by atoms with van der Waals surface area (Å²) in [5.41, 5.74) is -0.943. The predicted molar refractivity (Wildman–Crippen MR) is 138 cm³/mol. The van der Waals surface area contributed by atoms with Gasteiger partial charge in [0.15, 0.2) is 23.1 Å². The Kier molecular flexibility index (Phi) is 8.88. The summed E-state index contributed by atoms with van der Waals surface area (Å²) in [6, 6.07) is 11.0. The number of alkyl halides is 7. The van der Waals surface area contributed by atoms with Gasteiger partial charge in [-0.05, 0) is 54.1 Å². The van der Waals surface area contributed by atoms with Crippen molar-refractivity contribution in [1.29, 1.82) is 0 Å². The second-order valence-corrected chi connectivity index (χ2v) is 9.20. The van der Waals surface area contributed by atoms with Crippen molar-refractivity contribution in [3.05, 3.63) is 95.1 Å². The molecule has 1 aliphatic rings. The number of carboxylic acids is 1. The maximum absolute atomic E-state index is 13.7. The Hall–Kier alpha value is -5.41. The lowest BCUT2D eigenvalue weighted by atomic mass is 9.93. The first-order valence-corrected chi connectivity index (χ1v) is 12.5. The molecule has 0 radical (unpaired) electrons. The maximum atomic E-state index is 13.7. The highest BCUT2D eigenvalue weighted by Gasteiger charge is 2.66. The fraction of sp³-hybridized carbons (Fsp3) is 0.172. The van der Waals surface area contributed by atoms with E-state index in [-0.39, 0.29) is 29.7 Å². The quantitative estimate of drug-likeness (QED) is 0.159. The number of nitrogens with one attached hydrogen (secondary N) is 1. The first-order chi connectivity index (χ1) is 21.0. The molecule has 0 bridgehead atoms. The van der Waals surface area contributed by atoms with E-state index >= 15 is 0 Å². The van der Waals surface area contributed by atoms with Crippen LogP contribution in [0.5, 0.6) is 17.2 Å². The second-order valence-electron chi connectivity index (χ2n) is 9.20. The number of fused-ring (bicyclic) bond motifs is 1.